The fourth-order valence-corrected chi connectivity index (χ4v) is 2.54. The molecule has 5 nitrogen and oxygen atoms in total. The Morgan fingerprint density at radius 1 is 1.17 bits per heavy atom. The third kappa shape index (κ3) is 3.27. The lowest BCUT2D eigenvalue weighted by molar-refractivity contribution is 0.0936. The van der Waals surface area contributed by atoms with Crippen LogP contribution in [-0.2, 0) is 0 Å². The highest BCUT2D eigenvalue weighted by Crippen LogP contribution is 2.32. The van der Waals surface area contributed by atoms with Crippen LogP contribution in [0.2, 0.25) is 0 Å². The Morgan fingerprint density at radius 2 is 1.92 bits per heavy atom. The van der Waals surface area contributed by atoms with Gasteiger partial charge < -0.3 is 19.5 Å². The van der Waals surface area contributed by atoms with Gasteiger partial charge in [0.05, 0.1) is 18.7 Å². The van der Waals surface area contributed by atoms with Gasteiger partial charge >= 0.3 is 0 Å². The van der Waals surface area contributed by atoms with Crippen LogP contribution in [-0.4, -0.2) is 26.2 Å². The molecule has 1 unspecified atom stereocenters. The molecule has 1 aliphatic rings. The lowest BCUT2D eigenvalue weighted by Gasteiger charge is -2.21. The second kappa shape index (κ2) is 6.78. The van der Waals surface area contributed by atoms with Crippen molar-refractivity contribution in [1.29, 1.82) is 0 Å². The van der Waals surface area contributed by atoms with Crippen molar-refractivity contribution >= 4 is 5.91 Å². The predicted octanol–water partition coefficient (Wildman–Crippen LogP) is 3.10. The molecule has 1 N–H and O–H groups in total. The van der Waals surface area contributed by atoms with Crippen molar-refractivity contribution in [3.8, 4) is 17.2 Å². The third-order valence-corrected chi connectivity index (χ3v) is 3.82. The summed E-state index contributed by atoms with van der Waals surface area (Å²) in [6.45, 7) is 2.87. The quantitative estimate of drug-likeness (QED) is 0.935. The van der Waals surface area contributed by atoms with Gasteiger partial charge in [-0.15, -0.1) is 0 Å². The summed E-state index contributed by atoms with van der Waals surface area (Å²) < 4.78 is 29.6. The van der Waals surface area contributed by atoms with Gasteiger partial charge in [0.25, 0.3) is 5.91 Å². The second-order valence-electron chi connectivity index (χ2n) is 5.44. The minimum absolute atomic E-state index is 0.155. The van der Waals surface area contributed by atoms with Crippen LogP contribution in [0.15, 0.2) is 36.4 Å². The van der Waals surface area contributed by atoms with E-state index in [4.69, 9.17) is 14.2 Å². The topological polar surface area (TPSA) is 56.8 Å². The third-order valence-electron chi connectivity index (χ3n) is 3.82. The predicted molar refractivity (Wildman–Crippen MR) is 86.3 cm³/mol. The summed E-state index contributed by atoms with van der Waals surface area (Å²) in [5.41, 5.74) is 1.02. The number of rotatable bonds is 4. The maximum atomic E-state index is 13.4. The van der Waals surface area contributed by atoms with E-state index in [1.165, 1.54) is 19.2 Å². The van der Waals surface area contributed by atoms with Gasteiger partial charge in [-0.25, -0.2) is 4.39 Å². The van der Waals surface area contributed by atoms with Crippen LogP contribution in [0.4, 0.5) is 4.39 Å². The van der Waals surface area contributed by atoms with E-state index in [0.29, 0.717) is 30.5 Å². The molecule has 1 aliphatic heterocycles. The first-order valence-electron chi connectivity index (χ1n) is 7.62. The smallest absolute Gasteiger partial charge is 0.255 e. The minimum atomic E-state index is -0.493. The van der Waals surface area contributed by atoms with Gasteiger partial charge in [-0.1, -0.05) is 6.07 Å². The van der Waals surface area contributed by atoms with Crippen LogP contribution in [0.25, 0.3) is 0 Å². The summed E-state index contributed by atoms with van der Waals surface area (Å²) in [5, 5.41) is 2.84. The maximum Gasteiger partial charge on any atom is 0.255 e. The molecule has 0 aliphatic carbocycles. The van der Waals surface area contributed by atoms with E-state index in [-0.39, 0.29) is 11.6 Å². The van der Waals surface area contributed by atoms with Crippen LogP contribution in [0, 0.1) is 5.82 Å². The number of carbonyl (C=O) groups excluding carboxylic acids is 1. The maximum absolute atomic E-state index is 13.4. The number of hydrogen-bond acceptors (Lipinski definition) is 4. The van der Waals surface area contributed by atoms with Crippen LogP contribution in [0.5, 0.6) is 17.2 Å². The Labute approximate surface area is 139 Å². The molecular weight excluding hydrogens is 313 g/mol. The van der Waals surface area contributed by atoms with Gasteiger partial charge in [0.15, 0.2) is 11.5 Å². The number of hydrogen-bond donors (Lipinski definition) is 1. The fourth-order valence-electron chi connectivity index (χ4n) is 2.54. The van der Waals surface area contributed by atoms with E-state index >= 15 is 0 Å². The average Bonchev–Trinajstić information content (AvgIpc) is 2.61. The zero-order chi connectivity index (χ0) is 17.1. The van der Waals surface area contributed by atoms with Crippen molar-refractivity contribution in [3.63, 3.8) is 0 Å². The number of amides is 1. The monoisotopic (exact) mass is 331 g/mol. The number of fused-ring (bicyclic) bond motifs is 1. The molecule has 0 saturated carbocycles. The lowest BCUT2D eigenvalue weighted by Crippen LogP contribution is -2.27. The van der Waals surface area contributed by atoms with Crippen molar-refractivity contribution < 1.29 is 23.4 Å². The molecule has 6 heteroatoms. The van der Waals surface area contributed by atoms with Gasteiger partial charge in [0, 0.05) is 0 Å². The first-order chi connectivity index (χ1) is 11.6. The molecule has 0 spiro atoms. The Kier molecular flexibility index (Phi) is 4.55. The van der Waals surface area contributed by atoms with Gasteiger partial charge in [-0.3, -0.25) is 4.79 Å². The Balaban J connectivity index is 1.78. The summed E-state index contributed by atoms with van der Waals surface area (Å²) in [4.78, 5) is 12.4. The van der Waals surface area contributed by atoms with Gasteiger partial charge in [0.2, 0.25) is 0 Å². The first kappa shape index (κ1) is 16.1. The fraction of sp³-hybridized carbons (Fsp3) is 0.278. The van der Waals surface area contributed by atoms with E-state index < -0.39 is 11.7 Å². The summed E-state index contributed by atoms with van der Waals surface area (Å²) in [6, 6.07) is 9.06. The van der Waals surface area contributed by atoms with Crippen LogP contribution in [0.1, 0.15) is 28.9 Å². The zero-order valence-corrected chi connectivity index (χ0v) is 13.5. The van der Waals surface area contributed by atoms with Crippen molar-refractivity contribution in [2.24, 2.45) is 0 Å². The lowest BCUT2D eigenvalue weighted by atomic mass is 10.1. The zero-order valence-electron chi connectivity index (χ0n) is 13.5. The highest BCUT2D eigenvalue weighted by Gasteiger charge is 2.18. The SMILES string of the molecule is COc1ccc(F)cc1C(=O)NC(C)c1ccc2c(c1)OCCO2. The number of ether oxygens (including phenoxy) is 3. The molecule has 0 aromatic heterocycles. The van der Waals surface area contributed by atoms with E-state index in [1.807, 2.05) is 25.1 Å². The van der Waals surface area contributed by atoms with Crippen molar-refractivity contribution in [1.82, 2.24) is 5.32 Å². The van der Waals surface area contributed by atoms with Crippen LogP contribution in [0.3, 0.4) is 0 Å². The van der Waals surface area contributed by atoms with Crippen molar-refractivity contribution in [3.05, 3.63) is 53.3 Å². The number of nitrogens with one attached hydrogen (secondary N) is 1. The van der Waals surface area contributed by atoms with Gasteiger partial charge in [-0.05, 0) is 42.8 Å². The molecule has 0 saturated heterocycles. The van der Waals surface area contributed by atoms with E-state index in [1.54, 1.807) is 0 Å². The molecular formula is C18H18FNO4. The number of methoxy groups -OCH3 is 1. The van der Waals surface area contributed by atoms with Gasteiger partial charge in [-0.2, -0.15) is 0 Å². The molecule has 0 radical (unpaired) electrons. The van der Waals surface area contributed by atoms with Crippen molar-refractivity contribution in [2.75, 3.05) is 20.3 Å². The van der Waals surface area contributed by atoms with Crippen molar-refractivity contribution in [2.45, 2.75) is 13.0 Å². The van der Waals surface area contributed by atoms with E-state index in [2.05, 4.69) is 5.32 Å². The highest BCUT2D eigenvalue weighted by atomic mass is 19.1. The summed E-state index contributed by atoms with van der Waals surface area (Å²) in [7, 11) is 1.44. The molecule has 126 valence electrons. The molecule has 24 heavy (non-hydrogen) atoms. The van der Waals surface area contributed by atoms with E-state index in [0.717, 1.165) is 11.6 Å². The molecule has 0 fully saturated rings. The summed E-state index contributed by atoms with van der Waals surface area (Å²) in [6.07, 6.45) is 0. The largest absolute Gasteiger partial charge is 0.496 e. The summed E-state index contributed by atoms with van der Waals surface area (Å²) >= 11 is 0. The average molecular weight is 331 g/mol. The van der Waals surface area contributed by atoms with Crippen LogP contribution < -0.4 is 19.5 Å². The molecule has 2 aromatic rings. The molecule has 2 aromatic carbocycles. The molecule has 3 rings (SSSR count). The Bertz CT molecular complexity index is 763. The normalized spacial score (nSPS) is 14.0. The summed E-state index contributed by atoms with van der Waals surface area (Å²) in [5.74, 6) is 0.767. The number of carbonyl (C=O) groups is 1. The molecule has 1 heterocycles. The Hall–Kier alpha value is -2.76. The standard InChI is InChI=1S/C18H18FNO4/c1-11(12-3-5-16-17(9-12)24-8-7-23-16)20-18(21)14-10-13(19)4-6-15(14)22-2/h3-6,9-11H,7-8H2,1-2H3,(H,20,21). The molecule has 1 atom stereocenters. The van der Waals surface area contributed by atoms with Crippen LogP contribution >= 0.6 is 0 Å². The minimum Gasteiger partial charge on any atom is -0.496 e. The Morgan fingerprint density at radius 3 is 2.67 bits per heavy atom. The highest BCUT2D eigenvalue weighted by molar-refractivity contribution is 5.97. The van der Waals surface area contributed by atoms with Gasteiger partial charge in [0.1, 0.15) is 24.8 Å². The molecule has 1 amide bonds. The molecule has 0 bridgehead atoms. The van der Waals surface area contributed by atoms with E-state index in [9.17, 15) is 9.18 Å². The number of benzene rings is 2. The second-order valence-corrected chi connectivity index (χ2v) is 5.44. The number of halogens is 1. The first-order valence-corrected chi connectivity index (χ1v) is 7.62.